The third-order valence-corrected chi connectivity index (χ3v) is 6.45. The molecule has 0 saturated heterocycles. The monoisotopic (exact) mass is 512 g/mol. The van der Waals surface area contributed by atoms with Crippen molar-refractivity contribution >= 4 is 22.9 Å². The van der Waals surface area contributed by atoms with Crippen LogP contribution >= 0.6 is 0 Å². The van der Waals surface area contributed by atoms with E-state index in [-0.39, 0.29) is 17.2 Å². The number of nitrogen functional groups attached to an aromatic ring is 1. The molecule has 0 unspecified atom stereocenters. The second kappa shape index (κ2) is 10.1. The largest absolute Gasteiger partial charge is 0.507 e. The van der Waals surface area contributed by atoms with Crippen LogP contribution < -0.4 is 11.1 Å². The van der Waals surface area contributed by atoms with Gasteiger partial charge in [-0.2, -0.15) is 0 Å². The van der Waals surface area contributed by atoms with E-state index in [2.05, 4.69) is 10.3 Å². The van der Waals surface area contributed by atoms with Gasteiger partial charge in [-0.15, -0.1) is 0 Å². The third kappa shape index (κ3) is 4.67. The molecule has 3 aromatic carbocycles. The molecule has 0 saturated carbocycles. The summed E-state index contributed by atoms with van der Waals surface area (Å²) in [6.07, 6.45) is 1.65. The van der Waals surface area contributed by atoms with Gasteiger partial charge < -0.3 is 16.2 Å². The maximum Gasteiger partial charge on any atom is 0.255 e. The quantitative estimate of drug-likeness (QED) is 0.276. The van der Waals surface area contributed by atoms with E-state index in [1.165, 1.54) is 6.07 Å². The fourth-order valence-electron chi connectivity index (χ4n) is 4.46. The highest BCUT2D eigenvalue weighted by atomic mass is 16.3. The van der Waals surface area contributed by atoms with Crippen molar-refractivity contribution in [1.29, 1.82) is 0 Å². The molecule has 0 fully saturated rings. The minimum atomic E-state index is -0.343. The van der Waals surface area contributed by atoms with Crippen LogP contribution in [0.3, 0.4) is 0 Å². The molecule has 190 valence electrons. The summed E-state index contributed by atoms with van der Waals surface area (Å²) >= 11 is 0. The topological polar surface area (TPSA) is 119 Å². The number of nitrogens with two attached hydrogens (primary N) is 1. The van der Waals surface area contributed by atoms with Crippen LogP contribution in [0.1, 0.15) is 15.9 Å². The first kappa shape index (κ1) is 23.9. The Kier molecular flexibility index (Phi) is 6.18. The Morgan fingerprint density at radius 1 is 0.846 bits per heavy atom. The summed E-state index contributed by atoms with van der Waals surface area (Å²) in [7, 11) is 0. The third-order valence-electron chi connectivity index (χ3n) is 6.45. The number of aromatic nitrogens is 4. The first-order valence-electron chi connectivity index (χ1n) is 12.4. The van der Waals surface area contributed by atoms with Crippen LogP contribution in [0.4, 0.5) is 5.82 Å². The molecule has 8 nitrogen and oxygen atoms in total. The fraction of sp³-hybridized carbons (Fsp3) is 0.0323. The molecule has 0 radical (unpaired) electrons. The van der Waals surface area contributed by atoms with Gasteiger partial charge in [-0.25, -0.2) is 15.0 Å². The van der Waals surface area contributed by atoms with E-state index in [9.17, 15) is 9.90 Å². The lowest BCUT2D eigenvalue weighted by molar-refractivity contribution is 0.0948. The van der Waals surface area contributed by atoms with Gasteiger partial charge in [0.2, 0.25) is 0 Å². The molecular weight excluding hydrogens is 488 g/mol. The minimum absolute atomic E-state index is 0.0538. The van der Waals surface area contributed by atoms with Gasteiger partial charge in [0.1, 0.15) is 17.1 Å². The summed E-state index contributed by atoms with van der Waals surface area (Å²) in [5.41, 5.74) is 12.2. The minimum Gasteiger partial charge on any atom is -0.507 e. The van der Waals surface area contributed by atoms with Crippen molar-refractivity contribution in [1.82, 2.24) is 24.8 Å². The summed E-state index contributed by atoms with van der Waals surface area (Å²) in [5.74, 6) is 0.612. The average molecular weight is 513 g/mol. The molecular formula is C31H24N6O2. The van der Waals surface area contributed by atoms with Crippen LogP contribution in [0.25, 0.3) is 39.5 Å². The number of rotatable bonds is 6. The van der Waals surface area contributed by atoms with Crippen molar-refractivity contribution in [3.63, 3.8) is 0 Å². The number of hydrogen-bond donors (Lipinski definition) is 3. The number of carbonyl (C=O) groups excluding carboxylic acids is 1. The van der Waals surface area contributed by atoms with Crippen molar-refractivity contribution in [3.05, 3.63) is 120 Å². The van der Waals surface area contributed by atoms with E-state index in [4.69, 9.17) is 15.7 Å². The van der Waals surface area contributed by atoms with Gasteiger partial charge in [0.15, 0.2) is 11.5 Å². The van der Waals surface area contributed by atoms with Gasteiger partial charge in [-0.3, -0.25) is 9.36 Å². The van der Waals surface area contributed by atoms with E-state index < -0.39 is 0 Å². The van der Waals surface area contributed by atoms with Crippen LogP contribution in [0.2, 0.25) is 0 Å². The number of benzene rings is 3. The Hall–Kier alpha value is -5.50. The SMILES string of the molecule is Nc1ncccc1-c1nc2ccc(-c3ccccc3)nc2n1-c1ccc(CNC(=O)c2ccccc2O)cc1. The molecule has 3 aromatic heterocycles. The highest BCUT2D eigenvalue weighted by molar-refractivity contribution is 5.96. The molecule has 0 bridgehead atoms. The molecule has 4 N–H and O–H groups in total. The first-order chi connectivity index (χ1) is 19.1. The highest BCUT2D eigenvalue weighted by Crippen LogP contribution is 2.31. The Balaban J connectivity index is 1.38. The average Bonchev–Trinajstić information content (AvgIpc) is 3.35. The number of nitrogens with one attached hydrogen (secondary N) is 1. The van der Waals surface area contributed by atoms with Crippen LogP contribution in [0, 0.1) is 0 Å². The number of fused-ring (bicyclic) bond motifs is 1. The maximum absolute atomic E-state index is 12.5. The number of aromatic hydroxyl groups is 1. The van der Waals surface area contributed by atoms with E-state index in [1.807, 2.05) is 83.4 Å². The van der Waals surface area contributed by atoms with E-state index in [1.54, 1.807) is 24.4 Å². The molecule has 39 heavy (non-hydrogen) atoms. The standard InChI is InChI=1S/C31H24N6O2/c32-28-24(10-6-18-33-28)29-36-26-17-16-25(21-7-2-1-3-8-21)35-30(26)37(29)22-14-12-20(13-15-22)19-34-31(39)23-9-4-5-11-27(23)38/h1-18,38H,19H2,(H2,32,33)(H,34,39). The maximum atomic E-state index is 12.5. The highest BCUT2D eigenvalue weighted by Gasteiger charge is 2.19. The van der Waals surface area contributed by atoms with Gasteiger partial charge in [-0.1, -0.05) is 54.6 Å². The summed E-state index contributed by atoms with van der Waals surface area (Å²) in [6.45, 7) is 0.303. The molecule has 6 rings (SSSR count). The Morgan fingerprint density at radius 3 is 2.38 bits per heavy atom. The fourth-order valence-corrected chi connectivity index (χ4v) is 4.46. The summed E-state index contributed by atoms with van der Waals surface area (Å²) < 4.78 is 1.97. The zero-order chi connectivity index (χ0) is 26.8. The number of nitrogens with zero attached hydrogens (tertiary/aromatic N) is 4. The zero-order valence-corrected chi connectivity index (χ0v) is 20.8. The predicted octanol–water partition coefficient (Wildman–Crippen LogP) is 5.37. The lowest BCUT2D eigenvalue weighted by atomic mass is 10.1. The van der Waals surface area contributed by atoms with Gasteiger partial charge in [0.25, 0.3) is 5.91 Å². The van der Waals surface area contributed by atoms with Gasteiger partial charge >= 0.3 is 0 Å². The van der Waals surface area contributed by atoms with Gasteiger partial charge in [0.05, 0.1) is 16.8 Å². The summed E-state index contributed by atoms with van der Waals surface area (Å²) in [6, 6.07) is 31.9. The van der Waals surface area contributed by atoms with Crippen LogP contribution in [0.5, 0.6) is 5.75 Å². The smallest absolute Gasteiger partial charge is 0.255 e. The number of hydrogen-bond acceptors (Lipinski definition) is 6. The summed E-state index contributed by atoms with van der Waals surface area (Å²) in [4.78, 5) is 26.6. The normalized spacial score (nSPS) is 11.0. The van der Waals surface area contributed by atoms with Crippen LogP contribution in [0.15, 0.2) is 109 Å². The summed E-state index contributed by atoms with van der Waals surface area (Å²) in [5, 5.41) is 12.8. The number of amides is 1. The molecule has 0 spiro atoms. The molecule has 1 amide bonds. The number of para-hydroxylation sites is 1. The van der Waals surface area contributed by atoms with E-state index in [0.29, 0.717) is 29.4 Å². The van der Waals surface area contributed by atoms with Crippen molar-refractivity contribution in [3.8, 4) is 34.1 Å². The molecule has 0 aliphatic carbocycles. The molecule has 3 heterocycles. The number of anilines is 1. The number of imidazole rings is 1. The molecule has 8 heteroatoms. The number of phenolic OH excluding ortho intramolecular Hbond substituents is 1. The van der Waals surface area contributed by atoms with Crippen molar-refractivity contribution in [2.45, 2.75) is 6.54 Å². The van der Waals surface area contributed by atoms with E-state index >= 15 is 0 Å². The second-order valence-electron chi connectivity index (χ2n) is 8.98. The lowest BCUT2D eigenvalue weighted by Crippen LogP contribution is -2.22. The Bertz CT molecular complexity index is 1800. The molecule has 0 aliphatic rings. The lowest BCUT2D eigenvalue weighted by Gasteiger charge is -2.12. The van der Waals surface area contributed by atoms with Gasteiger partial charge in [-0.05, 0) is 54.1 Å². The number of pyridine rings is 2. The van der Waals surface area contributed by atoms with Gasteiger partial charge in [0, 0.05) is 24.0 Å². The molecule has 6 aromatic rings. The first-order valence-corrected chi connectivity index (χ1v) is 12.4. The van der Waals surface area contributed by atoms with E-state index in [0.717, 1.165) is 28.0 Å². The second-order valence-corrected chi connectivity index (χ2v) is 8.98. The Labute approximate surface area is 224 Å². The zero-order valence-electron chi connectivity index (χ0n) is 20.8. The van der Waals surface area contributed by atoms with Crippen molar-refractivity contribution in [2.24, 2.45) is 0 Å². The van der Waals surface area contributed by atoms with Crippen LogP contribution in [-0.2, 0) is 6.54 Å². The Morgan fingerprint density at radius 2 is 1.62 bits per heavy atom. The predicted molar refractivity (Wildman–Crippen MR) is 151 cm³/mol. The molecule has 0 atom stereocenters. The number of phenols is 1. The van der Waals surface area contributed by atoms with Crippen LogP contribution in [-0.4, -0.2) is 30.5 Å². The number of carbonyl (C=O) groups is 1. The molecule has 0 aliphatic heterocycles. The van der Waals surface area contributed by atoms with Crippen molar-refractivity contribution < 1.29 is 9.90 Å². The van der Waals surface area contributed by atoms with Crippen molar-refractivity contribution in [2.75, 3.05) is 5.73 Å².